The van der Waals surface area contributed by atoms with Crippen LogP contribution in [0.3, 0.4) is 0 Å². The Hall–Kier alpha value is -1.42. The van der Waals surface area contributed by atoms with E-state index >= 15 is 0 Å². The van der Waals surface area contributed by atoms with Crippen molar-refractivity contribution in [3.05, 3.63) is 52.6 Å². The molecule has 0 radical (unpaired) electrons. The summed E-state index contributed by atoms with van der Waals surface area (Å²) in [5, 5.41) is 2.68. The summed E-state index contributed by atoms with van der Waals surface area (Å²) in [7, 11) is -3.81. The van der Waals surface area contributed by atoms with Crippen LogP contribution in [0.5, 0.6) is 0 Å². The highest BCUT2D eigenvalue weighted by atomic mass is 79.9. The van der Waals surface area contributed by atoms with E-state index in [4.69, 9.17) is 0 Å². The summed E-state index contributed by atoms with van der Waals surface area (Å²) in [6.07, 6.45) is 3.86. The Morgan fingerprint density at radius 3 is 2.58 bits per heavy atom. The molecule has 0 saturated heterocycles. The van der Waals surface area contributed by atoms with Crippen LogP contribution in [0.4, 0.5) is 5.82 Å². The highest BCUT2D eigenvalue weighted by Gasteiger charge is 2.25. The van der Waals surface area contributed by atoms with Crippen LogP contribution in [0.15, 0.2) is 52.0 Å². The molecule has 0 aliphatic carbocycles. The third kappa shape index (κ3) is 6.08. The van der Waals surface area contributed by atoms with E-state index in [9.17, 15) is 13.2 Å². The summed E-state index contributed by atoms with van der Waals surface area (Å²) in [6.45, 7) is 1.89. The molecule has 0 bridgehead atoms. The summed E-state index contributed by atoms with van der Waals surface area (Å²) in [4.78, 5) is 16.8. The molecule has 1 aromatic heterocycles. The first-order valence-electron chi connectivity index (χ1n) is 7.82. The molecule has 0 aliphatic heterocycles. The number of aryl methyl sites for hydroxylation is 1. The molecule has 2 aromatic rings. The molecule has 6 nitrogen and oxygen atoms in total. The normalized spacial score (nSPS) is 12.6. The van der Waals surface area contributed by atoms with Crippen molar-refractivity contribution in [3.63, 3.8) is 0 Å². The lowest BCUT2D eigenvalue weighted by Gasteiger charge is -2.18. The predicted molar refractivity (Wildman–Crippen MR) is 109 cm³/mol. The van der Waals surface area contributed by atoms with Crippen molar-refractivity contribution in [2.75, 3.05) is 17.3 Å². The van der Waals surface area contributed by atoms with Gasteiger partial charge in [-0.1, -0.05) is 15.9 Å². The number of nitrogens with zero attached hydrogens (tertiary/aromatic N) is 1. The summed E-state index contributed by atoms with van der Waals surface area (Å²) < 4.78 is 28.5. The van der Waals surface area contributed by atoms with Gasteiger partial charge < -0.3 is 5.32 Å². The number of sulfonamides is 1. The quantitative estimate of drug-likeness (QED) is 0.635. The molecule has 9 heteroatoms. The van der Waals surface area contributed by atoms with Gasteiger partial charge in [-0.25, -0.2) is 13.4 Å². The van der Waals surface area contributed by atoms with Crippen molar-refractivity contribution < 1.29 is 13.2 Å². The van der Waals surface area contributed by atoms with E-state index in [1.807, 2.05) is 19.2 Å². The lowest BCUT2D eigenvalue weighted by molar-refractivity contribution is -0.117. The molecule has 1 aromatic carbocycles. The van der Waals surface area contributed by atoms with Gasteiger partial charge in [-0.2, -0.15) is 16.5 Å². The van der Waals surface area contributed by atoms with Crippen LogP contribution in [0.2, 0.25) is 0 Å². The maximum Gasteiger partial charge on any atom is 0.243 e. The minimum absolute atomic E-state index is 0.108. The number of thioether (sulfide) groups is 1. The third-order valence-electron chi connectivity index (χ3n) is 3.52. The zero-order valence-electron chi connectivity index (χ0n) is 14.4. The Morgan fingerprint density at radius 1 is 1.27 bits per heavy atom. The van der Waals surface area contributed by atoms with E-state index in [-0.39, 0.29) is 4.90 Å². The fourth-order valence-electron chi connectivity index (χ4n) is 2.17. The molecule has 0 aliphatic rings. The first-order valence-corrected chi connectivity index (χ1v) is 11.5. The number of hydrogen-bond donors (Lipinski definition) is 2. The molecule has 2 N–H and O–H groups in total. The number of pyridine rings is 1. The highest BCUT2D eigenvalue weighted by molar-refractivity contribution is 9.10. The Morgan fingerprint density at radius 2 is 1.96 bits per heavy atom. The molecule has 1 heterocycles. The minimum atomic E-state index is -3.81. The molecular weight excluding hydrogens is 438 g/mol. The molecule has 26 heavy (non-hydrogen) atoms. The fraction of sp³-hybridized carbons (Fsp3) is 0.294. The van der Waals surface area contributed by atoms with Gasteiger partial charge >= 0.3 is 0 Å². The number of amides is 1. The van der Waals surface area contributed by atoms with Crippen LogP contribution in [0.1, 0.15) is 12.0 Å². The van der Waals surface area contributed by atoms with E-state index in [2.05, 4.69) is 31.0 Å². The lowest BCUT2D eigenvalue weighted by Crippen LogP contribution is -2.44. The monoisotopic (exact) mass is 457 g/mol. The number of anilines is 1. The second-order valence-electron chi connectivity index (χ2n) is 5.62. The number of carbonyl (C=O) groups excluding carboxylic acids is 1. The van der Waals surface area contributed by atoms with Crippen molar-refractivity contribution in [2.24, 2.45) is 0 Å². The van der Waals surface area contributed by atoms with Crippen molar-refractivity contribution in [3.8, 4) is 0 Å². The number of hydrogen-bond acceptors (Lipinski definition) is 5. The number of halogens is 1. The van der Waals surface area contributed by atoms with Crippen molar-refractivity contribution >= 4 is 49.4 Å². The van der Waals surface area contributed by atoms with Crippen LogP contribution in [-0.2, 0) is 14.8 Å². The molecular formula is C17H20BrN3O3S2. The van der Waals surface area contributed by atoms with E-state index in [1.165, 1.54) is 12.1 Å². The van der Waals surface area contributed by atoms with Crippen molar-refractivity contribution in [1.82, 2.24) is 9.71 Å². The van der Waals surface area contributed by atoms with E-state index in [1.54, 1.807) is 36.2 Å². The molecule has 1 atom stereocenters. The van der Waals surface area contributed by atoms with Crippen LogP contribution in [-0.4, -0.2) is 37.4 Å². The van der Waals surface area contributed by atoms with Crippen molar-refractivity contribution in [1.29, 1.82) is 0 Å². The van der Waals surface area contributed by atoms with E-state index in [0.717, 1.165) is 10.0 Å². The Labute approximate surface area is 166 Å². The summed E-state index contributed by atoms with van der Waals surface area (Å²) in [5.41, 5.74) is 0.950. The molecule has 0 spiro atoms. The molecule has 0 fully saturated rings. The van der Waals surface area contributed by atoms with E-state index in [0.29, 0.717) is 18.0 Å². The standard InChI is InChI=1S/C17H20BrN3O3S2/c1-12-7-9-19-16(11-12)20-17(22)15(8-10-25-2)21-26(23,24)14-5-3-13(18)4-6-14/h3-7,9,11,15,21H,8,10H2,1-2H3,(H,19,20,22). The Balaban J connectivity index is 2.17. The van der Waals surface area contributed by atoms with Gasteiger partial charge in [0.25, 0.3) is 0 Å². The maximum atomic E-state index is 12.6. The van der Waals surface area contributed by atoms with Gasteiger partial charge in [-0.15, -0.1) is 0 Å². The van der Waals surface area contributed by atoms with Gasteiger partial charge in [0.2, 0.25) is 15.9 Å². The molecule has 0 saturated carbocycles. The Kier molecular flexibility index (Phi) is 7.63. The lowest BCUT2D eigenvalue weighted by atomic mass is 10.2. The molecule has 2 rings (SSSR count). The first-order chi connectivity index (χ1) is 12.3. The highest BCUT2D eigenvalue weighted by Crippen LogP contribution is 2.16. The van der Waals surface area contributed by atoms with Gasteiger partial charge in [-0.3, -0.25) is 4.79 Å². The summed E-state index contributed by atoms with van der Waals surface area (Å²) in [5.74, 6) is 0.604. The average molecular weight is 458 g/mol. The summed E-state index contributed by atoms with van der Waals surface area (Å²) >= 11 is 4.82. The zero-order valence-corrected chi connectivity index (χ0v) is 17.6. The average Bonchev–Trinajstić information content (AvgIpc) is 2.59. The van der Waals surface area contributed by atoms with Crippen LogP contribution < -0.4 is 10.0 Å². The van der Waals surface area contributed by atoms with Crippen molar-refractivity contribution in [2.45, 2.75) is 24.3 Å². The van der Waals surface area contributed by atoms with Crippen LogP contribution >= 0.6 is 27.7 Å². The zero-order chi connectivity index (χ0) is 19.2. The topological polar surface area (TPSA) is 88.2 Å². The van der Waals surface area contributed by atoms with Gasteiger partial charge in [0.05, 0.1) is 4.90 Å². The smallest absolute Gasteiger partial charge is 0.243 e. The molecule has 140 valence electrons. The molecule has 1 amide bonds. The SMILES string of the molecule is CSCCC(NS(=O)(=O)c1ccc(Br)cc1)C(=O)Nc1cc(C)ccn1. The number of aromatic nitrogens is 1. The largest absolute Gasteiger partial charge is 0.309 e. The number of rotatable bonds is 8. The third-order valence-corrected chi connectivity index (χ3v) is 6.18. The van der Waals surface area contributed by atoms with Crippen LogP contribution in [0.25, 0.3) is 0 Å². The van der Waals surface area contributed by atoms with Crippen LogP contribution in [0, 0.1) is 6.92 Å². The first kappa shape index (κ1) is 20.9. The van der Waals surface area contributed by atoms with Gasteiger partial charge in [-0.05, 0) is 67.3 Å². The number of carbonyl (C=O) groups is 1. The fourth-order valence-corrected chi connectivity index (χ4v) is 4.13. The van der Waals surface area contributed by atoms with Gasteiger partial charge in [0.15, 0.2) is 0 Å². The number of nitrogens with one attached hydrogen (secondary N) is 2. The molecule has 1 unspecified atom stereocenters. The Bertz CT molecular complexity index is 858. The number of benzene rings is 1. The predicted octanol–water partition coefficient (Wildman–Crippen LogP) is 3.19. The summed E-state index contributed by atoms with van der Waals surface area (Å²) in [6, 6.07) is 8.91. The van der Waals surface area contributed by atoms with Gasteiger partial charge in [0.1, 0.15) is 11.9 Å². The second-order valence-corrected chi connectivity index (χ2v) is 9.23. The van der Waals surface area contributed by atoms with E-state index < -0.39 is 22.0 Å². The minimum Gasteiger partial charge on any atom is -0.309 e. The maximum absolute atomic E-state index is 12.6. The second kappa shape index (κ2) is 9.50. The van der Waals surface area contributed by atoms with Gasteiger partial charge in [0, 0.05) is 10.7 Å².